The van der Waals surface area contributed by atoms with Crippen LogP contribution in [0.15, 0.2) is 24.3 Å². The summed E-state index contributed by atoms with van der Waals surface area (Å²) in [6, 6.07) is 8.31. The van der Waals surface area contributed by atoms with E-state index >= 15 is 0 Å². The highest BCUT2D eigenvalue weighted by Gasteiger charge is 2.24. The molecule has 0 spiro atoms. The molecule has 0 radical (unpaired) electrons. The molecule has 0 aliphatic carbocycles. The molecule has 2 rings (SSSR count). The zero-order chi connectivity index (χ0) is 18.1. The molecule has 0 aromatic heterocycles. The van der Waals surface area contributed by atoms with Crippen molar-refractivity contribution >= 4 is 6.03 Å². The summed E-state index contributed by atoms with van der Waals surface area (Å²) in [7, 11) is 0. The topological polar surface area (TPSA) is 54.0 Å². The normalized spacial score (nSPS) is 16.3. The quantitative estimate of drug-likeness (QED) is 0.783. The van der Waals surface area contributed by atoms with Crippen LogP contribution in [0.4, 0.5) is 4.79 Å². The third-order valence-electron chi connectivity index (χ3n) is 4.56. The van der Waals surface area contributed by atoms with Crippen LogP contribution in [0.3, 0.4) is 0 Å². The minimum absolute atomic E-state index is 0.00537. The van der Waals surface area contributed by atoms with Gasteiger partial charge in [-0.15, -0.1) is 0 Å². The molecule has 2 amide bonds. The summed E-state index contributed by atoms with van der Waals surface area (Å²) in [5.41, 5.74) is 1.19. The molecule has 140 valence electrons. The molecule has 1 aliphatic rings. The maximum atomic E-state index is 12.3. The third-order valence-corrected chi connectivity index (χ3v) is 4.56. The highest BCUT2D eigenvalue weighted by atomic mass is 16.5. The van der Waals surface area contributed by atoms with Crippen molar-refractivity contribution < 1.29 is 14.3 Å². The number of benzene rings is 1. The summed E-state index contributed by atoms with van der Waals surface area (Å²) in [6.45, 7) is 11.9. The maximum absolute atomic E-state index is 12.3. The average Bonchev–Trinajstić information content (AvgIpc) is 2.65. The fourth-order valence-corrected chi connectivity index (χ4v) is 3.11. The van der Waals surface area contributed by atoms with E-state index in [1.54, 1.807) is 4.90 Å². The number of hydrogen-bond donors (Lipinski definition) is 1. The molecule has 1 aliphatic heterocycles. The molecule has 1 heterocycles. The first-order valence-corrected chi connectivity index (χ1v) is 9.26. The van der Waals surface area contributed by atoms with Crippen molar-refractivity contribution in [3.8, 4) is 5.75 Å². The van der Waals surface area contributed by atoms with E-state index in [4.69, 9.17) is 9.47 Å². The highest BCUT2D eigenvalue weighted by Crippen LogP contribution is 2.24. The van der Waals surface area contributed by atoms with E-state index in [-0.39, 0.29) is 12.1 Å². The highest BCUT2D eigenvalue weighted by molar-refractivity contribution is 5.74. The Morgan fingerprint density at radius 1 is 1.20 bits per heavy atom. The monoisotopic (exact) mass is 349 g/mol. The standard InChI is InChI=1S/C19H31N3O3/c1-4-21(5-2)19(23)20-15-18(22-11-13-24-14-12-22)16-7-9-17(10-8-16)25-6-3/h7-10,18H,4-6,11-15H2,1-3H3,(H,20,23). The fraction of sp³-hybridized carbons (Fsp3) is 0.632. The molecule has 1 saturated heterocycles. The van der Waals surface area contributed by atoms with E-state index in [2.05, 4.69) is 22.3 Å². The Labute approximate surface area is 151 Å². The Bertz CT molecular complexity index is 511. The minimum Gasteiger partial charge on any atom is -0.494 e. The molecule has 1 aromatic carbocycles. The summed E-state index contributed by atoms with van der Waals surface area (Å²) < 4.78 is 11.0. The van der Waals surface area contributed by atoms with E-state index in [0.29, 0.717) is 26.2 Å². The smallest absolute Gasteiger partial charge is 0.317 e. The van der Waals surface area contributed by atoms with Crippen molar-refractivity contribution in [1.82, 2.24) is 15.1 Å². The number of ether oxygens (including phenoxy) is 2. The van der Waals surface area contributed by atoms with Crippen LogP contribution in [-0.4, -0.2) is 68.4 Å². The van der Waals surface area contributed by atoms with Gasteiger partial charge in [0.2, 0.25) is 0 Å². The van der Waals surface area contributed by atoms with E-state index < -0.39 is 0 Å². The summed E-state index contributed by atoms with van der Waals surface area (Å²) in [5, 5.41) is 3.09. The summed E-state index contributed by atoms with van der Waals surface area (Å²) >= 11 is 0. The lowest BCUT2D eigenvalue weighted by molar-refractivity contribution is 0.0165. The van der Waals surface area contributed by atoms with Crippen molar-refractivity contribution in [2.75, 3.05) is 52.5 Å². The van der Waals surface area contributed by atoms with Crippen molar-refractivity contribution in [2.24, 2.45) is 0 Å². The van der Waals surface area contributed by atoms with Gasteiger partial charge >= 0.3 is 6.03 Å². The zero-order valence-corrected chi connectivity index (χ0v) is 15.7. The first-order chi connectivity index (χ1) is 12.2. The molecule has 0 saturated carbocycles. The van der Waals surface area contributed by atoms with Gasteiger partial charge in [0.25, 0.3) is 0 Å². The molecular weight excluding hydrogens is 318 g/mol. The second kappa shape index (κ2) is 10.3. The van der Waals surface area contributed by atoms with Crippen LogP contribution in [0, 0.1) is 0 Å². The Morgan fingerprint density at radius 3 is 2.40 bits per heavy atom. The Kier molecular flexibility index (Phi) is 8.01. The number of rotatable bonds is 8. The number of amides is 2. The first kappa shape index (κ1) is 19.5. The Balaban J connectivity index is 2.08. The van der Waals surface area contributed by atoms with Gasteiger partial charge in [-0.25, -0.2) is 4.79 Å². The summed E-state index contributed by atoms with van der Waals surface area (Å²) in [5.74, 6) is 0.874. The SMILES string of the molecule is CCOc1ccc(C(CNC(=O)N(CC)CC)N2CCOCC2)cc1. The van der Waals surface area contributed by atoms with Crippen LogP contribution in [-0.2, 0) is 4.74 Å². The van der Waals surface area contributed by atoms with Gasteiger partial charge in [-0.1, -0.05) is 12.1 Å². The lowest BCUT2D eigenvalue weighted by atomic mass is 10.0. The summed E-state index contributed by atoms with van der Waals surface area (Å²) in [4.78, 5) is 16.5. The van der Waals surface area contributed by atoms with Gasteiger partial charge in [-0.05, 0) is 38.5 Å². The molecule has 6 heteroatoms. The molecular formula is C19H31N3O3. The van der Waals surface area contributed by atoms with E-state index in [1.165, 1.54) is 5.56 Å². The number of urea groups is 1. The third kappa shape index (κ3) is 5.61. The van der Waals surface area contributed by atoms with Crippen LogP contribution in [0.25, 0.3) is 0 Å². The van der Waals surface area contributed by atoms with Crippen LogP contribution >= 0.6 is 0 Å². The van der Waals surface area contributed by atoms with Crippen molar-refractivity contribution in [2.45, 2.75) is 26.8 Å². The fourth-order valence-electron chi connectivity index (χ4n) is 3.11. The van der Waals surface area contributed by atoms with Gasteiger partial charge in [0.15, 0.2) is 0 Å². The van der Waals surface area contributed by atoms with Crippen LogP contribution < -0.4 is 10.1 Å². The van der Waals surface area contributed by atoms with E-state index in [0.717, 1.165) is 32.1 Å². The van der Waals surface area contributed by atoms with Crippen LogP contribution in [0.5, 0.6) is 5.75 Å². The maximum Gasteiger partial charge on any atom is 0.317 e. The number of nitrogens with zero attached hydrogens (tertiary/aromatic N) is 2. The molecule has 1 fully saturated rings. The molecule has 0 bridgehead atoms. The number of nitrogens with one attached hydrogen (secondary N) is 1. The second-order valence-corrected chi connectivity index (χ2v) is 6.02. The van der Waals surface area contributed by atoms with Gasteiger partial charge in [0, 0.05) is 32.7 Å². The van der Waals surface area contributed by atoms with Crippen LogP contribution in [0.1, 0.15) is 32.4 Å². The van der Waals surface area contributed by atoms with Crippen LogP contribution in [0.2, 0.25) is 0 Å². The second-order valence-electron chi connectivity index (χ2n) is 6.02. The number of carbonyl (C=O) groups is 1. The molecule has 1 atom stereocenters. The minimum atomic E-state index is -0.00537. The molecule has 1 N–H and O–H groups in total. The zero-order valence-electron chi connectivity index (χ0n) is 15.7. The predicted octanol–water partition coefficient (Wildman–Crippen LogP) is 2.51. The average molecular weight is 349 g/mol. The Morgan fingerprint density at radius 2 is 1.84 bits per heavy atom. The van der Waals surface area contributed by atoms with Gasteiger partial charge in [-0.3, -0.25) is 4.90 Å². The first-order valence-electron chi connectivity index (χ1n) is 9.26. The summed E-state index contributed by atoms with van der Waals surface area (Å²) in [6.07, 6.45) is 0. The largest absolute Gasteiger partial charge is 0.494 e. The molecule has 25 heavy (non-hydrogen) atoms. The number of hydrogen-bond acceptors (Lipinski definition) is 4. The number of morpholine rings is 1. The van der Waals surface area contributed by atoms with Crippen molar-refractivity contribution in [3.63, 3.8) is 0 Å². The van der Waals surface area contributed by atoms with Crippen molar-refractivity contribution in [1.29, 1.82) is 0 Å². The number of carbonyl (C=O) groups excluding carboxylic acids is 1. The molecule has 1 aromatic rings. The molecule has 1 unspecified atom stereocenters. The van der Waals surface area contributed by atoms with Gasteiger partial charge < -0.3 is 19.7 Å². The lowest BCUT2D eigenvalue weighted by Gasteiger charge is -2.35. The molecule has 6 nitrogen and oxygen atoms in total. The van der Waals surface area contributed by atoms with E-state index in [9.17, 15) is 4.79 Å². The van der Waals surface area contributed by atoms with Crippen molar-refractivity contribution in [3.05, 3.63) is 29.8 Å². The van der Waals surface area contributed by atoms with Gasteiger partial charge in [-0.2, -0.15) is 0 Å². The predicted molar refractivity (Wildman–Crippen MR) is 99.1 cm³/mol. The Hall–Kier alpha value is -1.79. The lowest BCUT2D eigenvalue weighted by Crippen LogP contribution is -2.46. The van der Waals surface area contributed by atoms with Gasteiger partial charge in [0.1, 0.15) is 5.75 Å². The van der Waals surface area contributed by atoms with Gasteiger partial charge in [0.05, 0.1) is 25.9 Å². The van der Waals surface area contributed by atoms with E-state index in [1.807, 2.05) is 32.9 Å².